The lowest BCUT2D eigenvalue weighted by Crippen LogP contribution is -2.41. The van der Waals surface area contributed by atoms with Crippen LogP contribution in [0, 0.1) is 5.41 Å². The lowest BCUT2D eigenvalue weighted by atomic mass is 9.89. The molecule has 0 radical (unpaired) electrons. The average molecular weight is 227 g/mol. The molecule has 0 aromatic heterocycles. The Balaban J connectivity index is 2.49. The topological polar surface area (TPSA) is 21.7 Å². The number of ether oxygens (including phenoxy) is 2. The van der Waals surface area contributed by atoms with Crippen LogP contribution in [-0.4, -0.2) is 43.9 Å². The third kappa shape index (κ3) is 3.80. The highest BCUT2D eigenvalue weighted by molar-refractivity contribution is 5.07. The van der Waals surface area contributed by atoms with Crippen molar-refractivity contribution in [3.8, 4) is 0 Å². The summed E-state index contributed by atoms with van der Waals surface area (Å²) in [5, 5.41) is 0. The molecule has 3 nitrogen and oxygen atoms in total. The lowest BCUT2D eigenvalue weighted by molar-refractivity contribution is 0.00679. The molecule has 0 spiro atoms. The minimum Gasteiger partial charge on any atom is -0.378 e. The van der Waals surface area contributed by atoms with Crippen LogP contribution in [0.2, 0.25) is 0 Å². The molecule has 0 unspecified atom stereocenters. The van der Waals surface area contributed by atoms with Gasteiger partial charge in [0.1, 0.15) is 0 Å². The molecule has 0 aliphatic carbocycles. The second-order valence-electron chi connectivity index (χ2n) is 5.29. The number of morpholine rings is 1. The van der Waals surface area contributed by atoms with Gasteiger partial charge in [-0.3, -0.25) is 0 Å². The van der Waals surface area contributed by atoms with Crippen molar-refractivity contribution in [2.24, 2.45) is 5.41 Å². The van der Waals surface area contributed by atoms with E-state index >= 15 is 0 Å². The van der Waals surface area contributed by atoms with Gasteiger partial charge in [0, 0.05) is 24.2 Å². The summed E-state index contributed by atoms with van der Waals surface area (Å²) >= 11 is 0. The SMILES string of the molecule is C=C(N1CCOCC1)C(C)(C)COC(C)C. The Morgan fingerprint density at radius 2 is 1.94 bits per heavy atom. The normalized spacial score (nSPS) is 17.9. The van der Waals surface area contributed by atoms with Crippen LogP contribution in [-0.2, 0) is 9.47 Å². The van der Waals surface area contributed by atoms with Crippen LogP contribution >= 0.6 is 0 Å². The molecule has 1 rings (SSSR count). The van der Waals surface area contributed by atoms with E-state index in [-0.39, 0.29) is 11.5 Å². The third-order valence-electron chi connectivity index (χ3n) is 2.95. The Hall–Kier alpha value is -0.540. The summed E-state index contributed by atoms with van der Waals surface area (Å²) in [6.07, 6.45) is 0.275. The lowest BCUT2D eigenvalue weighted by Gasteiger charge is -2.38. The summed E-state index contributed by atoms with van der Waals surface area (Å²) in [4.78, 5) is 2.31. The molecule has 0 atom stereocenters. The first-order valence-corrected chi connectivity index (χ1v) is 6.07. The first-order chi connectivity index (χ1) is 7.43. The minimum absolute atomic E-state index is 0.00160. The zero-order chi connectivity index (χ0) is 12.2. The van der Waals surface area contributed by atoms with Crippen LogP contribution in [0.5, 0.6) is 0 Å². The minimum atomic E-state index is 0.00160. The van der Waals surface area contributed by atoms with E-state index in [9.17, 15) is 0 Å². The molecule has 1 saturated heterocycles. The summed E-state index contributed by atoms with van der Waals surface area (Å²) in [6, 6.07) is 0. The van der Waals surface area contributed by atoms with Crippen molar-refractivity contribution in [1.29, 1.82) is 0 Å². The molecule has 16 heavy (non-hydrogen) atoms. The highest BCUT2D eigenvalue weighted by atomic mass is 16.5. The summed E-state index contributed by atoms with van der Waals surface area (Å²) in [7, 11) is 0. The fourth-order valence-corrected chi connectivity index (χ4v) is 1.72. The van der Waals surface area contributed by atoms with Crippen molar-refractivity contribution in [3.05, 3.63) is 12.3 Å². The van der Waals surface area contributed by atoms with Crippen LogP contribution < -0.4 is 0 Å². The van der Waals surface area contributed by atoms with Gasteiger partial charge in [0.2, 0.25) is 0 Å². The van der Waals surface area contributed by atoms with Gasteiger partial charge < -0.3 is 14.4 Å². The van der Waals surface area contributed by atoms with Crippen LogP contribution in [0.1, 0.15) is 27.7 Å². The van der Waals surface area contributed by atoms with Gasteiger partial charge in [-0.05, 0) is 13.8 Å². The number of nitrogens with zero attached hydrogens (tertiary/aromatic N) is 1. The highest BCUT2D eigenvalue weighted by Gasteiger charge is 2.27. The molecule has 0 N–H and O–H groups in total. The van der Waals surface area contributed by atoms with Gasteiger partial charge in [0.15, 0.2) is 0 Å². The number of rotatable bonds is 5. The van der Waals surface area contributed by atoms with E-state index in [2.05, 4.69) is 39.2 Å². The van der Waals surface area contributed by atoms with Crippen LogP contribution in [0.15, 0.2) is 12.3 Å². The first kappa shape index (κ1) is 13.5. The van der Waals surface area contributed by atoms with Gasteiger partial charge in [-0.15, -0.1) is 0 Å². The fourth-order valence-electron chi connectivity index (χ4n) is 1.72. The van der Waals surface area contributed by atoms with E-state index in [1.807, 2.05) is 0 Å². The number of hydrogen-bond donors (Lipinski definition) is 0. The Morgan fingerprint density at radius 1 is 1.38 bits per heavy atom. The van der Waals surface area contributed by atoms with Crippen molar-refractivity contribution in [1.82, 2.24) is 4.90 Å². The molecule has 94 valence electrons. The average Bonchev–Trinajstić information content (AvgIpc) is 2.27. The van der Waals surface area contributed by atoms with Crippen molar-refractivity contribution < 1.29 is 9.47 Å². The summed E-state index contributed by atoms with van der Waals surface area (Å²) in [5.41, 5.74) is 1.16. The molecular formula is C13H25NO2. The predicted octanol–water partition coefficient (Wildman–Crippen LogP) is 2.28. The Kier molecular flexibility index (Phi) is 4.81. The third-order valence-corrected chi connectivity index (χ3v) is 2.95. The Bertz CT molecular complexity index is 230. The van der Waals surface area contributed by atoms with E-state index in [4.69, 9.17) is 9.47 Å². The maximum Gasteiger partial charge on any atom is 0.0642 e. The maximum atomic E-state index is 5.70. The smallest absolute Gasteiger partial charge is 0.0642 e. The van der Waals surface area contributed by atoms with Crippen molar-refractivity contribution in [3.63, 3.8) is 0 Å². The van der Waals surface area contributed by atoms with Crippen molar-refractivity contribution in [2.45, 2.75) is 33.8 Å². The molecule has 3 heteroatoms. The molecule has 0 amide bonds. The molecular weight excluding hydrogens is 202 g/mol. The zero-order valence-corrected chi connectivity index (χ0v) is 11.1. The molecule has 1 aliphatic rings. The van der Waals surface area contributed by atoms with Crippen molar-refractivity contribution in [2.75, 3.05) is 32.9 Å². The van der Waals surface area contributed by atoms with Crippen LogP contribution in [0.25, 0.3) is 0 Å². The molecule has 0 aromatic carbocycles. The van der Waals surface area contributed by atoms with E-state index in [0.717, 1.165) is 38.6 Å². The maximum absolute atomic E-state index is 5.70. The van der Waals surface area contributed by atoms with E-state index in [1.54, 1.807) is 0 Å². The van der Waals surface area contributed by atoms with Gasteiger partial charge in [-0.1, -0.05) is 20.4 Å². The van der Waals surface area contributed by atoms with Gasteiger partial charge in [-0.2, -0.15) is 0 Å². The summed E-state index contributed by atoms with van der Waals surface area (Å²) < 4.78 is 11.0. The van der Waals surface area contributed by atoms with Crippen LogP contribution in [0.4, 0.5) is 0 Å². The Morgan fingerprint density at radius 3 is 2.44 bits per heavy atom. The fraction of sp³-hybridized carbons (Fsp3) is 0.846. The molecule has 0 aromatic rings. The predicted molar refractivity (Wildman–Crippen MR) is 66.4 cm³/mol. The van der Waals surface area contributed by atoms with Gasteiger partial charge in [0.25, 0.3) is 0 Å². The highest BCUT2D eigenvalue weighted by Crippen LogP contribution is 2.29. The quantitative estimate of drug-likeness (QED) is 0.719. The van der Waals surface area contributed by atoms with E-state index in [0.29, 0.717) is 0 Å². The van der Waals surface area contributed by atoms with E-state index < -0.39 is 0 Å². The second-order valence-corrected chi connectivity index (χ2v) is 5.29. The number of hydrogen-bond acceptors (Lipinski definition) is 3. The largest absolute Gasteiger partial charge is 0.378 e. The molecule has 0 saturated carbocycles. The summed E-state index contributed by atoms with van der Waals surface area (Å²) in [6.45, 7) is 17.0. The Labute approximate surface area is 99.4 Å². The monoisotopic (exact) mass is 227 g/mol. The molecule has 1 fully saturated rings. The van der Waals surface area contributed by atoms with Crippen LogP contribution in [0.3, 0.4) is 0 Å². The van der Waals surface area contributed by atoms with E-state index in [1.165, 1.54) is 0 Å². The first-order valence-electron chi connectivity index (χ1n) is 6.07. The van der Waals surface area contributed by atoms with Gasteiger partial charge in [0.05, 0.1) is 25.9 Å². The van der Waals surface area contributed by atoms with Gasteiger partial charge in [-0.25, -0.2) is 0 Å². The molecule has 0 bridgehead atoms. The molecule has 1 heterocycles. The second kappa shape index (κ2) is 5.69. The molecule has 1 aliphatic heterocycles. The van der Waals surface area contributed by atoms with Crippen molar-refractivity contribution >= 4 is 0 Å². The van der Waals surface area contributed by atoms with Gasteiger partial charge >= 0.3 is 0 Å². The zero-order valence-electron chi connectivity index (χ0n) is 11.1. The summed E-state index contributed by atoms with van der Waals surface area (Å²) in [5.74, 6) is 0. The standard InChI is InChI=1S/C13H25NO2/c1-11(2)16-10-13(4,5)12(3)14-6-8-15-9-7-14/h11H,3,6-10H2,1-2,4-5H3.